The highest BCUT2D eigenvalue weighted by Crippen LogP contribution is 2.24. The Morgan fingerprint density at radius 3 is 2.53 bits per heavy atom. The summed E-state index contributed by atoms with van der Waals surface area (Å²) in [5.74, 6) is 0. The van der Waals surface area contributed by atoms with Gasteiger partial charge in [0.1, 0.15) is 0 Å². The van der Waals surface area contributed by atoms with Crippen molar-refractivity contribution < 1.29 is 13.5 Å². The van der Waals surface area contributed by atoms with Gasteiger partial charge < -0.3 is 5.11 Å². The van der Waals surface area contributed by atoms with Crippen LogP contribution in [0.1, 0.15) is 38.7 Å². The van der Waals surface area contributed by atoms with E-state index in [1.54, 1.807) is 12.1 Å². The Kier molecular flexibility index (Phi) is 6.46. The first-order valence-corrected chi connectivity index (χ1v) is 8.63. The minimum Gasteiger partial charge on any atom is -0.392 e. The number of aliphatic hydroxyl groups is 1. The molecule has 0 aliphatic rings. The van der Waals surface area contributed by atoms with E-state index < -0.39 is 10.0 Å². The molecular weight excluding hydrogens is 330 g/mol. The van der Waals surface area contributed by atoms with Crippen LogP contribution in [0.15, 0.2) is 27.6 Å². The third-order valence-electron chi connectivity index (χ3n) is 2.92. The van der Waals surface area contributed by atoms with Crippen LogP contribution >= 0.6 is 15.9 Å². The van der Waals surface area contributed by atoms with Crippen molar-refractivity contribution >= 4 is 26.0 Å². The fraction of sp³-hybridized carbons (Fsp3) is 0.538. The van der Waals surface area contributed by atoms with E-state index >= 15 is 0 Å². The molecule has 0 amide bonds. The van der Waals surface area contributed by atoms with Crippen LogP contribution < -0.4 is 4.72 Å². The molecule has 1 atom stereocenters. The molecule has 0 saturated carbocycles. The molecule has 0 fully saturated rings. The first-order valence-electron chi connectivity index (χ1n) is 6.36. The molecule has 2 N–H and O–H groups in total. The van der Waals surface area contributed by atoms with Gasteiger partial charge in [0, 0.05) is 10.5 Å². The Balaban J connectivity index is 3.00. The van der Waals surface area contributed by atoms with Gasteiger partial charge >= 0.3 is 0 Å². The molecule has 1 rings (SSSR count). The highest BCUT2D eigenvalue weighted by atomic mass is 79.9. The van der Waals surface area contributed by atoms with E-state index in [9.17, 15) is 8.42 Å². The molecule has 0 aromatic heterocycles. The second-order valence-electron chi connectivity index (χ2n) is 4.44. The minimum absolute atomic E-state index is 0.0422. The van der Waals surface area contributed by atoms with Crippen LogP contribution in [0.4, 0.5) is 0 Å². The summed E-state index contributed by atoms with van der Waals surface area (Å²) in [6.07, 6.45) is 2.52. The third kappa shape index (κ3) is 4.56. The molecule has 19 heavy (non-hydrogen) atoms. The molecule has 1 aromatic rings. The van der Waals surface area contributed by atoms with Crippen molar-refractivity contribution in [3.63, 3.8) is 0 Å². The molecule has 0 saturated heterocycles. The van der Waals surface area contributed by atoms with Gasteiger partial charge in [-0.05, 0) is 46.5 Å². The van der Waals surface area contributed by atoms with Crippen molar-refractivity contribution in [2.24, 2.45) is 0 Å². The molecule has 1 unspecified atom stereocenters. The molecule has 0 heterocycles. The van der Waals surface area contributed by atoms with Crippen molar-refractivity contribution in [1.29, 1.82) is 0 Å². The van der Waals surface area contributed by atoms with Gasteiger partial charge in [-0.25, -0.2) is 13.1 Å². The van der Waals surface area contributed by atoms with E-state index in [4.69, 9.17) is 5.11 Å². The maximum absolute atomic E-state index is 12.3. The highest BCUT2D eigenvalue weighted by molar-refractivity contribution is 9.10. The van der Waals surface area contributed by atoms with Gasteiger partial charge in [-0.1, -0.05) is 26.3 Å². The predicted octanol–water partition coefficient (Wildman–Crippen LogP) is 2.80. The molecule has 1 aromatic carbocycles. The Labute approximate surface area is 123 Å². The monoisotopic (exact) mass is 349 g/mol. The van der Waals surface area contributed by atoms with E-state index in [0.29, 0.717) is 10.0 Å². The summed E-state index contributed by atoms with van der Waals surface area (Å²) in [6, 6.07) is 4.70. The fourth-order valence-corrected chi connectivity index (χ4v) is 4.32. The Morgan fingerprint density at radius 2 is 2.05 bits per heavy atom. The van der Waals surface area contributed by atoms with Crippen LogP contribution in [0.25, 0.3) is 0 Å². The molecule has 0 aliphatic carbocycles. The van der Waals surface area contributed by atoms with Gasteiger partial charge in [0.2, 0.25) is 10.0 Å². The number of halogens is 1. The smallest absolute Gasteiger partial charge is 0.241 e. The molecule has 0 aliphatic heterocycles. The van der Waals surface area contributed by atoms with E-state index in [2.05, 4.69) is 20.7 Å². The average Bonchev–Trinajstić information content (AvgIpc) is 2.37. The van der Waals surface area contributed by atoms with Crippen LogP contribution in [0, 0.1) is 0 Å². The van der Waals surface area contributed by atoms with Gasteiger partial charge in [-0.15, -0.1) is 0 Å². The normalized spacial score (nSPS) is 13.5. The standard InChI is InChI=1S/C13H20BrNO3S/c1-3-5-11(4-2)15-19(17,18)13-7-6-10(9-16)8-12(13)14/h6-8,11,15-16H,3-5,9H2,1-2H3. The van der Waals surface area contributed by atoms with Crippen molar-refractivity contribution in [3.05, 3.63) is 28.2 Å². The van der Waals surface area contributed by atoms with Gasteiger partial charge in [0.15, 0.2) is 0 Å². The van der Waals surface area contributed by atoms with Crippen molar-refractivity contribution in [2.45, 2.75) is 50.7 Å². The molecule has 0 bridgehead atoms. The predicted molar refractivity (Wildman–Crippen MR) is 79.4 cm³/mol. The summed E-state index contributed by atoms with van der Waals surface area (Å²) in [5, 5.41) is 9.02. The van der Waals surface area contributed by atoms with Gasteiger partial charge in [-0.3, -0.25) is 0 Å². The minimum atomic E-state index is -3.53. The van der Waals surface area contributed by atoms with Crippen LogP contribution in [0.2, 0.25) is 0 Å². The number of hydrogen-bond donors (Lipinski definition) is 2. The SMILES string of the molecule is CCCC(CC)NS(=O)(=O)c1ccc(CO)cc1Br. The van der Waals surface area contributed by atoms with Gasteiger partial charge in [0.05, 0.1) is 11.5 Å². The molecule has 4 nitrogen and oxygen atoms in total. The lowest BCUT2D eigenvalue weighted by Gasteiger charge is -2.17. The Bertz CT molecular complexity index is 517. The fourth-order valence-electron chi connectivity index (χ4n) is 1.84. The van der Waals surface area contributed by atoms with E-state index in [1.807, 2.05) is 13.8 Å². The second kappa shape index (κ2) is 7.38. The summed E-state index contributed by atoms with van der Waals surface area (Å²) < 4.78 is 27.8. The lowest BCUT2D eigenvalue weighted by Crippen LogP contribution is -2.34. The summed E-state index contributed by atoms with van der Waals surface area (Å²) >= 11 is 3.24. The van der Waals surface area contributed by atoms with Crippen LogP contribution in [-0.4, -0.2) is 19.6 Å². The number of rotatable bonds is 7. The lowest BCUT2D eigenvalue weighted by molar-refractivity contribution is 0.281. The largest absolute Gasteiger partial charge is 0.392 e. The van der Waals surface area contributed by atoms with Crippen LogP contribution in [0.5, 0.6) is 0 Å². The van der Waals surface area contributed by atoms with Crippen molar-refractivity contribution in [1.82, 2.24) is 4.72 Å². The zero-order valence-corrected chi connectivity index (χ0v) is 13.6. The summed E-state index contributed by atoms with van der Waals surface area (Å²) in [5.41, 5.74) is 0.673. The molecular formula is C13H20BrNO3S. The third-order valence-corrected chi connectivity index (χ3v) is 5.42. The summed E-state index contributed by atoms with van der Waals surface area (Å²) in [6.45, 7) is 3.88. The highest BCUT2D eigenvalue weighted by Gasteiger charge is 2.21. The molecule has 6 heteroatoms. The van der Waals surface area contributed by atoms with E-state index in [-0.39, 0.29) is 17.5 Å². The average molecular weight is 350 g/mol. The topological polar surface area (TPSA) is 66.4 Å². The Hall–Kier alpha value is -0.430. The lowest BCUT2D eigenvalue weighted by atomic mass is 10.1. The number of sulfonamides is 1. The van der Waals surface area contributed by atoms with Crippen LogP contribution in [-0.2, 0) is 16.6 Å². The van der Waals surface area contributed by atoms with Crippen molar-refractivity contribution in [3.8, 4) is 0 Å². The summed E-state index contributed by atoms with van der Waals surface area (Å²) in [7, 11) is -3.53. The number of aliphatic hydroxyl groups excluding tert-OH is 1. The zero-order valence-electron chi connectivity index (χ0n) is 11.2. The quantitative estimate of drug-likeness (QED) is 0.795. The van der Waals surface area contributed by atoms with Gasteiger partial charge in [-0.2, -0.15) is 0 Å². The van der Waals surface area contributed by atoms with Crippen LogP contribution in [0.3, 0.4) is 0 Å². The first kappa shape index (κ1) is 16.6. The first-order chi connectivity index (χ1) is 8.94. The zero-order chi connectivity index (χ0) is 14.5. The summed E-state index contributed by atoms with van der Waals surface area (Å²) in [4.78, 5) is 0.208. The number of benzene rings is 1. The maximum atomic E-state index is 12.3. The maximum Gasteiger partial charge on any atom is 0.241 e. The molecule has 0 spiro atoms. The van der Waals surface area contributed by atoms with E-state index in [1.165, 1.54) is 6.07 Å². The molecule has 0 radical (unpaired) electrons. The number of nitrogens with one attached hydrogen (secondary N) is 1. The van der Waals surface area contributed by atoms with Gasteiger partial charge in [0.25, 0.3) is 0 Å². The molecule has 108 valence electrons. The van der Waals surface area contributed by atoms with E-state index in [0.717, 1.165) is 19.3 Å². The van der Waals surface area contributed by atoms with Crippen molar-refractivity contribution in [2.75, 3.05) is 0 Å². The second-order valence-corrected chi connectivity index (χ2v) is 6.97. The Morgan fingerprint density at radius 1 is 1.37 bits per heavy atom. The number of hydrogen-bond acceptors (Lipinski definition) is 3.